The topological polar surface area (TPSA) is 44.8 Å². The Bertz CT molecular complexity index is 303. The van der Waals surface area contributed by atoms with Crippen molar-refractivity contribution < 1.29 is 19.0 Å². The van der Waals surface area contributed by atoms with Gasteiger partial charge in [-0.1, -0.05) is 0 Å². The molecule has 98 valence electrons. The second kappa shape index (κ2) is 4.34. The standard InChI is InChI=1S/C13H22O4/c1-12(2)7-9(13(3,4)17-12)11(14)10-8-15-5-6-16-10/h9-10H,5-8H2,1-4H3. The number of carbonyl (C=O) groups is 1. The molecule has 2 rings (SSSR count). The summed E-state index contributed by atoms with van der Waals surface area (Å²) in [6, 6.07) is 0. The normalized spacial score (nSPS) is 35.8. The summed E-state index contributed by atoms with van der Waals surface area (Å²) in [7, 11) is 0. The largest absolute Gasteiger partial charge is 0.376 e. The van der Waals surface area contributed by atoms with Gasteiger partial charge < -0.3 is 14.2 Å². The molecule has 2 saturated heterocycles. The number of ether oxygens (including phenoxy) is 3. The summed E-state index contributed by atoms with van der Waals surface area (Å²) in [4.78, 5) is 12.4. The molecule has 0 spiro atoms. The molecular formula is C13H22O4. The zero-order valence-corrected chi connectivity index (χ0v) is 11.1. The van der Waals surface area contributed by atoms with Crippen LogP contribution in [-0.4, -0.2) is 42.9 Å². The summed E-state index contributed by atoms with van der Waals surface area (Å²) in [5, 5.41) is 0. The first kappa shape index (κ1) is 13.0. The van der Waals surface area contributed by atoms with Crippen molar-refractivity contribution in [1.29, 1.82) is 0 Å². The Labute approximate surface area is 103 Å². The van der Waals surface area contributed by atoms with E-state index < -0.39 is 11.7 Å². The SMILES string of the molecule is CC1(C)CC(C(=O)C2COCCO2)C(C)(C)O1. The highest BCUT2D eigenvalue weighted by molar-refractivity contribution is 5.87. The summed E-state index contributed by atoms with van der Waals surface area (Å²) in [5.41, 5.74) is -0.652. The van der Waals surface area contributed by atoms with Gasteiger partial charge in [0.15, 0.2) is 5.78 Å². The van der Waals surface area contributed by atoms with Crippen LogP contribution in [-0.2, 0) is 19.0 Å². The Morgan fingerprint density at radius 3 is 2.35 bits per heavy atom. The molecule has 2 aliphatic heterocycles. The van der Waals surface area contributed by atoms with Crippen molar-refractivity contribution in [3.05, 3.63) is 0 Å². The molecule has 17 heavy (non-hydrogen) atoms. The van der Waals surface area contributed by atoms with Gasteiger partial charge in [-0.25, -0.2) is 0 Å². The van der Waals surface area contributed by atoms with Crippen LogP contribution < -0.4 is 0 Å². The summed E-state index contributed by atoms with van der Waals surface area (Å²) in [6.45, 7) is 9.49. The molecule has 2 atom stereocenters. The number of hydrogen-bond acceptors (Lipinski definition) is 4. The van der Waals surface area contributed by atoms with Crippen molar-refractivity contribution in [3.63, 3.8) is 0 Å². The molecule has 2 heterocycles. The molecule has 0 amide bonds. The van der Waals surface area contributed by atoms with Crippen molar-refractivity contribution in [1.82, 2.24) is 0 Å². The van der Waals surface area contributed by atoms with E-state index in [0.29, 0.717) is 19.8 Å². The lowest BCUT2D eigenvalue weighted by Crippen LogP contribution is -2.44. The Balaban J connectivity index is 2.08. The van der Waals surface area contributed by atoms with E-state index in [1.165, 1.54) is 0 Å². The maximum Gasteiger partial charge on any atom is 0.169 e. The molecule has 0 radical (unpaired) electrons. The maximum absolute atomic E-state index is 12.4. The van der Waals surface area contributed by atoms with Gasteiger partial charge in [0.2, 0.25) is 0 Å². The number of Topliss-reactive ketones (excluding diaryl/α,β-unsaturated/α-hetero) is 1. The molecule has 2 unspecified atom stereocenters. The highest BCUT2D eigenvalue weighted by Gasteiger charge is 2.50. The first-order valence-electron chi connectivity index (χ1n) is 6.25. The van der Waals surface area contributed by atoms with Crippen molar-refractivity contribution >= 4 is 5.78 Å². The van der Waals surface area contributed by atoms with Gasteiger partial charge >= 0.3 is 0 Å². The molecule has 2 aliphatic rings. The minimum absolute atomic E-state index is 0.107. The number of rotatable bonds is 2. The minimum Gasteiger partial charge on any atom is -0.376 e. The van der Waals surface area contributed by atoms with Crippen LogP contribution >= 0.6 is 0 Å². The zero-order chi connectivity index (χ0) is 12.7. The van der Waals surface area contributed by atoms with E-state index in [1.54, 1.807) is 0 Å². The Kier molecular flexibility index (Phi) is 3.31. The van der Waals surface area contributed by atoms with Gasteiger partial charge in [-0.15, -0.1) is 0 Å². The fourth-order valence-corrected chi connectivity index (χ4v) is 2.88. The summed E-state index contributed by atoms with van der Waals surface area (Å²) >= 11 is 0. The highest BCUT2D eigenvalue weighted by Crippen LogP contribution is 2.43. The van der Waals surface area contributed by atoms with E-state index in [0.717, 1.165) is 6.42 Å². The van der Waals surface area contributed by atoms with Gasteiger partial charge in [0.1, 0.15) is 6.10 Å². The summed E-state index contributed by atoms with van der Waals surface area (Å²) in [6.07, 6.45) is 0.337. The lowest BCUT2D eigenvalue weighted by Gasteiger charge is -2.30. The lowest BCUT2D eigenvalue weighted by atomic mass is 9.82. The Morgan fingerprint density at radius 1 is 1.18 bits per heavy atom. The van der Waals surface area contributed by atoms with Crippen LogP contribution in [0.5, 0.6) is 0 Å². The van der Waals surface area contributed by atoms with Gasteiger partial charge in [0.05, 0.1) is 36.9 Å². The predicted octanol–water partition coefficient (Wildman–Crippen LogP) is 1.56. The second-order valence-corrected chi connectivity index (χ2v) is 6.06. The molecule has 0 aromatic heterocycles. The van der Waals surface area contributed by atoms with Gasteiger partial charge in [-0.3, -0.25) is 4.79 Å². The molecule has 4 heteroatoms. The lowest BCUT2D eigenvalue weighted by molar-refractivity contribution is -0.154. The van der Waals surface area contributed by atoms with Crippen LogP contribution in [0.1, 0.15) is 34.1 Å². The Morgan fingerprint density at radius 2 is 1.88 bits per heavy atom. The van der Waals surface area contributed by atoms with Crippen LogP contribution in [0.15, 0.2) is 0 Å². The molecule has 0 saturated carbocycles. The van der Waals surface area contributed by atoms with Gasteiger partial charge in [0, 0.05) is 0 Å². The second-order valence-electron chi connectivity index (χ2n) is 6.06. The third-order valence-electron chi connectivity index (χ3n) is 3.55. The fraction of sp³-hybridized carbons (Fsp3) is 0.923. The van der Waals surface area contributed by atoms with Crippen molar-refractivity contribution in [2.45, 2.75) is 51.4 Å². The van der Waals surface area contributed by atoms with Crippen molar-refractivity contribution in [3.8, 4) is 0 Å². The van der Waals surface area contributed by atoms with Crippen molar-refractivity contribution in [2.75, 3.05) is 19.8 Å². The highest BCUT2D eigenvalue weighted by atomic mass is 16.6. The molecule has 0 aliphatic carbocycles. The van der Waals surface area contributed by atoms with Crippen LogP contribution in [0.25, 0.3) is 0 Å². The van der Waals surface area contributed by atoms with E-state index in [1.807, 2.05) is 27.7 Å². The number of carbonyl (C=O) groups excluding carboxylic acids is 1. The summed E-state index contributed by atoms with van der Waals surface area (Å²) < 4.78 is 16.7. The third kappa shape index (κ3) is 2.69. The smallest absolute Gasteiger partial charge is 0.169 e. The van der Waals surface area contributed by atoms with E-state index in [4.69, 9.17) is 14.2 Å². The quantitative estimate of drug-likeness (QED) is 0.737. The molecule has 4 nitrogen and oxygen atoms in total. The minimum atomic E-state index is -0.415. The molecular weight excluding hydrogens is 220 g/mol. The van der Waals surface area contributed by atoms with Gasteiger partial charge in [-0.2, -0.15) is 0 Å². The first-order valence-corrected chi connectivity index (χ1v) is 6.25. The monoisotopic (exact) mass is 242 g/mol. The first-order chi connectivity index (χ1) is 7.82. The van der Waals surface area contributed by atoms with Crippen LogP contribution in [0.3, 0.4) is 0 Å². The molecule has 0 bridgehead atoms. The molecule has 2 fully saturated rings. The molecule has 0 N–H and O–H groups in total. The van der Waals surface area contributed by atoms with E-state index in [2.05, 4.69) is 0 Å². The Hall–Kier alpha value is -0.450. The van der Waals surface area contributed by atoms with Crippen molar-refractivity contribution in [2.24, 2.45) is 5.92 Å². The fourth-order valence-electron chi connectivity index (χ4n) is 2.88. The van der Waals surface area contributed by atoms with E-state index in [-0.39, 0.29) is 17.3 Å². The van der Waals surface area contributed by atoms with Gasteiger partial charge in [0.25, 0.3) is 0 Å². The summed E-state index contributed by atoms with van der Waals surface area (Å²) in [5.74, 6) is 0.0180. The third-order valence-corrected chi connectivity index (χ3v) is 3.55. The predicted molar refractivity (Wildman–Crippen MR) is 62.9 cm³/mol. The average molecular weight is 242 g/mol. The maximum atomic E-state index is 12.4. The van der Waals surface area contributed by atoms with Crippen LogP contribution in [0.4, 0.5) is 0 Å². The average Bonchev–Trinajstić information content (AvgIpc) is 2.47. The molecule has 0 aromatic carbocycles. The van der Waals surface area contributed by atoms with E-state index in [9.17, 15) is 4.79 Å². The van der Waals surface area contributed by atoms with Crippen LogP contribution in [0.2, 0.25) is 0 Å². The molecule has 0 aromatic rings. The van der Waals surface area contributed by atoms with Crippen LogP contribution in [0, 0.1) is 5.92 Å². The number of ketones is 1. The number of hydrogen-bond donors (Lipinski definition) is 0. The zero-order valence-electron chi connectivity index (χ0n) is 11.1. The van der Waals surface area contributed by atoms with Gasteiger partial charge in [-0.05, 0) is 34.1 Å². The van der Waals surface area contributed by atoms with E-state index >= 15 is 0 Å².